The highest BCUT2D eigenvalue weighted by atomic mass is 16.4. The highest BCUT2D eigenvalue weighted by Gasteiger charge is 2.01. The van der Waals surface area contributed by atoms with Gasteiger partial charge in [0.25, 0.3) is 0 Å². The smallest absolute Gasteiger partial charge is 0.332 e. The normalized spacial score (nSPS) is 11.1. The van der Waals surface area contributed by atoms with E-state index in [1.807, 2.05) is 14.1 Å². The first-order chi connectivity index (χ1) is 4.06. The Kier molecular flexibility index (Phi) is 9.21. The summed E-state index contributed by atoms with van der Waals surface area (Å²) < 4.78 is 0. The molecule has 0 saturated carbocycles. The second-order valence-electron chi connectivity index (χ2n) is 1.51. The van der Waals surface area contributed by atoms with Gasteiger partial charge in [-0.25, -0.2) is 4.79 Å². The first-order valence-corrected chi connectivity index (χ1v) is 2.55. The van der Waals surface area contributed by atoms with Gasteiger partial charge in [0.1, 0.15) is 6.10 Å². The zero-order valence-electron chi connectivity index (χ0n) is 5.88. The Hall–Kier alpha value is -0.610. The Labute approximate surface area is 54.5 Å². The fraction of sp³-hybridized carbons (Fsp3) is 0.800. The number of hydrogen-bond donors (Lipinski definition) is 3. The van der Waals surface area contributed by atoms with Gasteiger partial charge in [-0.2, -0.15) is 0 Å². The van der Waals surface area contributed by atoms with E-state index in [1.54, 1.807) is 0 Å². The maximum absolute atomic E-state index is 9.45. The molecule has 0 aromatic rings. The van der Waals surface area contributed by atoms with Crippen LogP contribution in [0.5, 0.6) is 0 Å². The van der Waals surface area contributed by atoms with Gasteiger partial charge in [-0.1, -0.05) is 0 Å². The summed E-state index contributed by atoms with van der Waals surface area (Å²) in [7, 11) is 3.75. The predicted octanol–water partition coefficient (Wildman–Crippen LogP) is -0.713. The molecule has 1 atom stereocenters. The molecule has 0 aliphatic rings. The van der Waals surface area contributed by atoms with Crippen LogP contribution in [0, 0.1) is 0 Å². The molecule has 0 fully saturated rings. The highest BCUT2D eigenvalue weighted by Crippen LogP contribution is 1.73. The Morgan fingerprint density at radius 1 is 1.56 bits per heavy atom. The van der Waals surface area contributed by atoms with Crippen LogP contribution in [0.2, 0.25) is 0 Å². The van der Waals surface area contributed by atoms with E-state index in [-0.39, 0.29) is 0 Å². The number of aliphatic hydroxyl groups excluding tert-OH is 1. The molecule has 0 aromatic carbocycles. The number of carbonyl (C=O) groups is 1. The van der Waals surface area contributed by atoms with Crippen molar-refractivity contribution in [2.75, 3.05) is 14.1 Å². The van der Waals surface area contributed by atoms with Crippen LogP contribution in [-0.2, 0) is 4.79 Å². The first-order valence-electron chi connectivity index (χ1n) is 2.55. The van der Waals surface area contributed by atoms with E-state index in [1.165, 1.54) is 6.92 Å². The van der Waals surface area contributed by atoms with Crippen molar-refractivity contribution in [3.8, 4) is 0 Å². The topological polar surface area (TPSA) is 69.6 Å². The van der Waals surface area contributed by atoms with Crippen LogP contribution in [0.4, 0.5) is 0 Å². The average molecular weight is 135 g/mol. The summed E-state index contributed by atoms with van der Waals surface area (Å²) >= 11 is 0. The lowest BCUT2D eigenvalue weighted by molar-refractivity contribution is -0.145. The summed E-state index contributed by atoms with van der Waals surface area (Å²) in [6.07, 6.45) is -1.23. The zero-order chi connectivity index (χ0) is 7.86. The molecule has 0 rings (SSSR count). The van der Waals surface area contributed by atoms with Gasteiger partial charge in [-0.15, -0.1) is 0 Å². The average Bonchev–Trinajstić information content (AvgIpc) is 1.68. The Morgan fingerprint density at radius 2 is 1.67 bits per heavy atom. The van der Waals surface area contributed by atoms with E-state index in [9.17, 15) is 4.79 Å². The third kappa shape index (κ3) is 18.7. The lowest BCUT2D eigenvalue weighted by Gasteiger charge is -1.89. The van der Waals surface area contributed by atoms with Gasteiger partial charge >= 0.3 is 5.97 Å². The second-order valence-corrected chi connectivity index (χ2v) is 1.51. The molecular formula is C5H13NO3. The fourth-order valence-corrected chi connectivity index (χ4v) is 0. The van der Waals surface area contributed by atoms with Crippen molar-refractivity contribution in [2.45, 2.75) is 13.0 Å². The minimum absolute atomic E-state index is 1.19. The van der Waals surface area contributed by atoms with E-state index in [0.717, 1.165) is 0 Å². The fourth-order valence-electron chi connectivity index (χ4n) is 0. The van der Waals surface area contributed by atoms with Gasteiger partial charge in [0, 0.05) is 0 Å². The van der Waals surface area contributed by atoms with E-state index in [2.05, 4.69) is 5.32 Å². The van der Waals surface area contributed by atoms with Gasteiger partial charge in [0.15, 0.2) is 0 Å². The summed E-state index contributed by atoms with van der Waals surface area (Å²) in [6.45, 7) is 1.20. The molecule has 0 aromatic heterocycles. The summed E-state index contributed by atoms with van der Waals surface area (Å²) in [5, 5.41) is 18.5. The van der Waals surface area contributed by atoms with Crippen LogP contribution in [0.25, 0.3) is 0 Å². The molecule has 3 N–H and O–H groups in total. The van der Waals surface area contributed by atoms with Crippen molar-refractivity contribution >= 4 is 5.97 Å². The number of carboxylic acid groups (broad SMARTS) is 1. The molecule has 0 aliphatic heterocycles. The highest BCUT2D eigenvalue weighted by molar-refractivity contribution is 5.71. The molecule has 0 saturated heterocycles. The number of aliphatic carboxylic acids is 1. The van der Waals surface area contributed by atoms with Crippen molar-refractivity contribution in [3.63, 3.8) is 0 Å². The summed E-state index contributed by atoms with van der Waals surface area (Å²) in [5.74, 6) is -1.19. The van der Waals surface area contributed by atoms with E-state index >= 15 is 0 Å². The number of nitrogens with one attached hydrogen (secondary N) is 1. The van der Waals surface area contributed by atoms with Crippen LogP contribution in [0.3, 0.4) is 0 Å². The molecule has 56 valence electrons. The molecule has 0 aliphatic carbocycles. The molecule has 0 amide bonds. The third-order valence-electron chi connectivity index (χ3n) is 0.357. The number of aliphatic hydroxyl groups is 1. The van der Waals surface area contributed by atoms with Crippen molar-refractivity contribution in [1.82, 2.24) is 5.32 Å². The SMILES string of the molecule is CC(O)C(=O)O.CNC. The van der Waals surface area contributed by atoms with Gasteiger partial charge in [-0.3, -0.25) is 0 Å². The molecule has 0 heterocycles. The van der Waals surface area contributed by atoms with Crippen molar-refractivity contribution in [3.05, 3.63) is 0 Å². The maximum Gasteiger partial charge on any atom is 0.332 e. The van der Waals surface area contributed by atoms with Crippen molar-refractivity contribution in [2.24, 2.45) is 0 Å². The van der Waals surface area contributed by atoms with E-state index in [0.29, 0.717) is 0 Å². The predicted molar refractivity (Wildman–Crippen MR) is 34.3 cm³/mol. The number of hydrogen-bond acceptors (Lipinski definition) is 3. The Bertz CT molecular complexity index is 72.6. The molecule has 4 nitrogen and oxygen atoms in total. The molecule has 0 radical (unpaired) electrons. The lowest BCUT2D eigenvalue weighted by atomic mass is 10.4. The van der Waals surface area contributed by atoms with Crippen LogP contribution in [0.15, 0.2) is 0 Å². The lowest BCUT2D eigenvalue weighted by Crippen LogP contribution is -2.13. The maximum atomic E-state index is 9.45. The van der Waals surface area contributed by atoms with Crippen LogP contribution in [0.1, 0.15) is 6.92 Å². The van der Waals surface area contributed by atoms with Gasteiger partial charge < -0.3 is 15.5 Å². The quantitative estimate of drug-likeness (QED) is 0.444. The molecular weight excluding hydrogens is 122 g/mol. The van der Waals surface area contributed by atoms with Crippen LogP contribution in [-0.4, -0.2) is 36.4 Å². The summed E-state index contributed by atoms with van der Waals surface area (Å²) in [6, 6.07) is 0. The monoisotopic (exact) mass is 135 g/mol. The van der Waals surface area contributed by atoms with Crippen molar-refractivity contribution < 1.29 is 15.0 Å². The number of rotatable bonds is 1. The second kappa shape index (κ2) is 7.39. The summed E-state index contributed by atoms with van der Waals surface area (Å²) in [4.78, 5) is 9.45. The minimum Gasteiger partial charge on any atom is -0.479 e. The van der Waals surface area contributed by atoms with Gasteiger partial charge in [0.05, 0.1) is 0 Å². The van der Waals surface area contributed by atoms with Crippen molar-refractivity contribution in [1.29, 1.82) is 0 Å². The van der Waals surface area contributed by atoms with Crippen LogP contribution < -0.4 is 5.32 Å². The summed E-state index contributed by atoms with van der Waals surface area (Å²) in [5.41, 5.74) is 0. The third-order valence-corrected chi connectivity index (χ3v) is 0.357. The zero-order valence-corrected chi connectivity index (χ0v) is 5.88. The van der Waals surface area contributed by atoms with E-state index in [4.69, 9.17) is 10.2 Å². The molecule has 0 bridgehead atoms. The van der Waals surface area contributed by atoms with Gasteiger partial charge in [-0.05, 0) is 21.0 Å². The first kappa shape index (κ1) is 11.2. The minimum atomic E-state index is -1.23. The molecule has 0 spiro atoms. The molecule has 1 unspecified atom stereocenters. The Balaban J connectivity index is 0. The number of carboxylic acids is 1. The Morgan fingerprint density at radius 3 is 1.67 bits per heavy atom. The largest absolute Gasteiger partial charge is 0.479 e. The van der Waals surface area contributed by atoms with E-state index < -0.39 is 12.1 Å². The standard InChI is InChI=1S/C3H6O3.C2H7N/c1-2(4)3(5)6;1-3-2/h2,4H,1H3,(H,5,6);3H,1-2H3. The molecule has 9 heavy (non-hydrogen) atoms. The molecule has 4 heteroatoms. The van der Waals surface area contributed by atoms with Gasteiger partial charge in [0.2, 0.25) is 0 Å². The van der Waals surface area contributed by atoms with Crippen LogP contribution >= 0.6 is 0 Å².